The Bertz CT molecular complexity index is 641. The van der Waals surface area contributed by atoms with Crippen LogP contribution in [0.1, 0.15) is 46.9 Å². The van der Waals surface area contributed by atoms with Crippen molar-refractivity contribution >= 4 is 17.8 Å². The molecule has 0 bridgehead atoms. The lowest BCUT2D eigenvalue weighted by Gasteiger charge is -2.42. The van der Waals surface area contributed by atoms with Crippen molar-refractivity contribution in [3.63, 3.8) is 0 Å². The number of aliphatic carboxylic acids is 1. The number of β-amino-alcohol motifs (C(OH)–C–C–N with tert-alkyl or cyclic N) is 1. The number of carbonyl (C=O) groups is 3. The van der Waals surface area contributed by atoms with E-state index in [2.05, 4.69) is 0 Å². The molecule has 1 fully saturated rings. The van der Waals surface area contributed by atoms with E-state index in [-0.39, 0.29) is 31.0 Å². The standard InChI is InChI=1S/C17H21NO6/c1-2-7-17(16(23)24)8-9-18(10-13(17)19)14(20)11-3-5-12(6-4-11)15(21)22/h3-6,13,19H,2,7-10H2,1H3,(H,21,22)(H,23,24)/t13-,17+/m1/s1. The minimum absolute atomic E-state index is 0.0498. The van der Waals surface area contributed by atoms with Crippen LogP contribution in [-0.4, -0.2) is 57.3 Å². The maximum Gasteiger partial charge on any atom is 0.335 e. The molecule has 1 aliphatic heterocycles. The van der Waals surface area contributed by atoms with Crippen molar-refractivity contribution in [2.24, 2.45) is 5.41 Å². The molecule has 2 atom stereocenters. The van der Waals surface area contributed by atoms with Crippen LogP contribution >= 0.6 is 0 Å². The summed E-state index contributed by atoms with van der Waals surface area (Å²) >= 11 is 0. The highest BCUT2D eigenvalue weighted by Crippen LogP contribution is 2.37. The maximum atomic E-state index is 12.5. The number of hydrogen-bond donors (Lipinski definition) is 3. The van der Waals surface area contributed by atoms with Crippen LogP contribution in [0, 0.1) is 5.41 Å². The SMILES string of the molecule is CCC[C@]1(C(=O)O)CCN(C(=O)c2ccc(C(=O)O)cc2)C[C@H]1O. The highest BCUT2D eigenvalue weighted by atomic mass is 16.4. The van der Waals surface area contributed by atoms with E-state index < -0.39 is 23.5 Å². The lowest BCUT2D eigenvalue weighted by molar-refractivity contribution is -0.162. The molecule has 0 aliphatic carbocycles. The zero-order chi connectivity index (χ0) is 17.9. The molecule has 7 heteroatoms. The van der Waals surface area contributed by atoms with Crippen molar-refractivity contribution < 1.29 is 29.7 Å². The predicted molar refractivity (Wildman–Crippen MR) is 84.9 cm³/mol. The van der Waals surface area contributed by atoms with Crippen LogP contribution in [0.25, 0.3) is 0 Å². The van der Waals surface area contributed by atoms with Crippen LogP contribution in [0.4, 0.5) is 0 Å². The minimum Gasteiger partial charge on any atom is -0.481 e. The number of amides is 1. The van der Waals surface area contributed by atoms with E-state index >= 15 is 0 Å². The van der Waals surface area contributed by atoms with Gasteiger partial charge in [0.1, 0.15) is 0 Å². The monoisotopic (exact) mass is 335 g/mol. The summed E-state index contributed by atoms with van der Waals surface area (Å²) in [4.78, 5) is 36.3. The lowest BCUT2D eigenvalue weighted by Crippen LogP contribution is -2.56. The number of hydrogen-bond acceptors (Lipinski definition) is 4. The number of carbonyl (C=O) groups excluding carboxylic acids is 1. The number of aromatic carboxylic acids is 1. The summed E-state index contributed by atoms with van der Waals surface area (Å²) in [6, 6.07) is 5.52. The summed E-state index contributed by atoms with van der Waals surface area (Å²) in [6.07, 6.45) is 0.0502. The van der Waals surface area contributed by atoms with Crippen LogP contribution in [-0.2, 0) is 4.79 Å². The van der Waals surface area contributed by atoms with Crippen LogP contribution < -0.4 is 0 Å². The number of rotatable bonds is 5. The molecule has 7 nitrogen and oxygen atoms in total. The van der Waals surface area contributed by atoms with Gasteiger partial charge in [-0.1, -0.05) is 13.3 Å². The zero-order valence-corrected chi connectivity index (χ0v) is 13.4. The lowest BCUT2D eigenvalue weighted by atomic mass is 9.72. The van der Waals surface area contributed by atoms with Gasteiger partial charge in [-0.15, -0.1) is 0 Å². The predicted octanol–water partition coefficient (Wildman–Crippen LogP) is 1.46. The first kappa shape index (κ1) is 17.9. The maximum absolute atomic E-state index is 12.5. The first-order chi connectivity index (χ1) is 11.3. The van der Waals surface area contributed by atoms with E-state index in [1.807, 2.05) is 6.92 Å². The van der Waals surface area contributed by atoms with Gasteiger partial charge in [0.15, 0.2) is 0 Å². The fourth-order valence-electron chi connectivity index (χ4n) is 3.19. The van der Waals surface area contributed by atoms with Gasteiger partial charge in [0.25, 0.3) is 5.91 Å². The molecule has 130 valence electrons. The molecule has 3 N–H and O–H groups in total. The van der Waals surface area contributed by atoms with Crippen molar-refractivity contribution in [1.29, 1.82) is 0 Å². The number of piperidine rings is 1. The summed E-state index contributed by atoms with van der Waals surface area (Å²) in [5, 5.41) is 28.7. The first-order valence-corrected chi connectivity index (χ1v) is 7.86. The van der Waals surface area contributed by atoms with Gasteiger partial charge in [0.05, 0.1) is 17.1 Å². The fourth-order valence-corrected chi connectivity index (χ4v) is 3.19. The quantitative estimate of drug-likeness (QED) is 0.750. The van der Waals surface area contributed by atoms with Crippen LogP contribution in [0.15, 0.2) is 24.3 Å². The Labute approximate surface area is 139 Å². The minimum atomic E-state index is -1.21. The van der Waals surface area contributed by atoms with Crippen molar-refractivity contribution in [2.75, 3.05) is 13.1 Å². The Morgan fingerprint density at radius 2 is 1.75 bits per heavy atom. The second kappa shape index (κ2) is 7.00. The van der Waals surface area contributed by atoms with E-state index in [1.165, 1.54) is 29.2 Å². The third-order valence-corrected chi connectivity index (χ3v) is 4.65. The van der Waals surface area contributed by atoms with E-state index in [1.54, 1.807) is 0 Å². The molecule has 1 saturated heterocycles. The molecule has 0 spiro atoms. The topological polar surface area (TPSA) is 115 Å². The molecule has 1 aromatic carbocycles. The summed E-state index contributed by atoms with van der Waals surface area (Å²) in [6.45, 7) is 2.05. The van der Waals surface area contributed by atoms with Crippen LogP contribution in [0.2, 0.25) is 0 Å². The summed E-state index contributed by atoms with van der Waals surface area (Å²) in [5.74, 6) is -2.45. The average Bonchev–Trinajstić information content (AvgIpc) is 2.56. The Kier molecular flexibility index (Phi) is 5.23. The highest BCUT2D eigenvalue weighted by Gasteiger charge is 2.48. The number of likely N-dealkylation sites (tertiary alicyclic amines) is 1. The average molecular weight is 335 g/mol. The smallest absolute Gasteiger partial charge is 0.335 e. The van der Waals surface area contributed by atoms with Gasteiger partial charge in [-0.25, -0.2) is 4.79 Å². The van der Waals surface area contributed by atoms with E-state index in [9.17, 15) is 24.6 Å². The van der Waals surface area contributed by atoms with Crippen LogP contribution in [0.5, 0.6) is 0 Å². The largest absolute Gasteiger partial charge is 0.481 e. The molecule has 0 unspecified atom stereocenters. The van der Waals surface area contributed by atoms with E-state index in [0.29, 0.717) is 18.4 Å². The molecule has 1 heterocycles. The molecule has 1 aliphatic rings. The van der Waals surface area contributed by atoms with Crippen LogP contribution in [0.3, 0.4) is 0 Å². The summed E-state index contributed by atoms with van der Waals surface area (Å²) < 4.78 is 0. The number of aliphatic hydroxyl groups excluding tert-OH is 1. The molecule has 0 saturated carbocycles. The number of nitrogens with zero attached hydrogens (tertiary/aromatic N) is 1. The second-order valence-corrected chi connectivity index (χ2v) is 6.11. The van der Waals surface area contributed by atoms with Crippen molar-refractivity contribution in [3.8, 4) is 0 Å². The van der Waals surface area contributed by atoms with Gasteiger partial charge in [-0.05, 0) is 37.1 Å². The number of carboxylic acid groups (broad SMARTS) is 2. The number of carboxylic acids is 2. The molecule has 2 rings (SSSR count). The van der Waals surface area contributed by atoms with Gasteiger partial charge in [-0.2, -0.15) is 0 Å². The highest BCUT2D eigenvalue weighted by molar-refractivity contribution is 5.96. The van der Waals surface area contributed by atoms with Gasteiger partial charge < -0.3 is 20.2 Å². The van der Waals surface area contributed by atoms with E-state index in [0.717, 1.165) is 0 Å². The Morgan fingerprint density at radius 1 is 1.17 bits per heavy atom. The first-order valence-electron chi connectivity index (χ1n) is 7.86. The van der Waals surface area contributed by atoms with Gasteiger partial charge in [0, 0.05) is 18.7 Å². The van der Waals surface area contributed by atoms with Gasteiger partial charge >= 0.3 is 11.9 Å². The number of aliphatic hydroxyl groups is 1. The Balaban J connectivity index is 2.13. The molecule has 1 aromatic rings. The molecule has 24 heavy (non-hydrogen) atoms. The van der Waals surface area contributed by atoms with E-state index in [4.69, 9.17) is 5.11 Å². The molecular formula is C17H21NO6. The van der Waals surface area contributed by atoms with Crippen molar-refractivity contribution in [2.45, 2.75) is 32.3 Å². The molecule has 0 radical (unpaired) electrons. The summed E-state index contributed by atoms with van der Waals surface area (Å²) in [5.41, 5.74) is -0.817. The molecular weight excluding hydrogens is 314 g/mol. The van der Waals surface area contributed by atoms with Crippen molar-refractivity contribution in [1.82, 2.24) is 4.90 Å². The third-order valence-electron chi connectivity index (χ3n) is 4.65. The Hall–Kier alpha value is -2.41. The normalized spacial score (nSPS) is 23.8. The zero-order valence-electron chi connectivity index (χ0n) is 13.4. The third kappa shape index (κ3) is 3.26. The van der Waals surface area contributed by atoms with Crippen molar-refractivity contribution in [3.05, 3.63) is 35.4 Å². The van der Waals surface area contributed by atoms with Gasteiger partial charge in [-0.3, -0.25) is 9.59 Å². The molecule has 1 amide bonds. The summed E-state index contributed by atoms with van der Waals surface area (Å²) in [7, 11) is 0. The Morgan fingerprint density at radius 3 is 2.21 bits per heavy atom. The van der Waals surface area contributed by atoms with Gasteiger partial charge in [0.2, 0.25) is 0 Å². The fraction of sp³-hybridized carbons (Fsp3) is 0.471. The molecule has 0 aromatic heterocycles. The second-order valence-electron chi connectivity index (χ2n) is 6.11. The number of benzene rings is 1.